The maximum atomic E-state index is 14.2. The third-order valence-electron chi connectivity index (χ3n) is 4.36. The molecule has 12 heteroatoms. The summed E-state index contributed by atoms with van der Waals surface area (Å²) in [6.07, 6.45) is 1.69. The van der Waals surface area contributed by atoms with Gasteiger partial charge in [-0.05, 0) is 30.3 Å². The number of carbonyl (C=O) groups is 1. The van der Waals surface area contributed by atoms with Gasteiger partial charge >= 0.3 is 0 Å². The first-order valence-corrected chi connectivity index (χ1v) is 11.4. The minimum atomic E-state index is -3.82. The third-order valence-corrected chi connectivity index (χ3v) is 7.27. The van der Waals surface area contributed by atoms with Gasteiger partial charge in [0.15, 0.2) is 0 Å². The lowest BCUT2D eigenvalue weighted by Crippen LogP contribution is -2.23. The Balaban J connectivity index is 1.59. The molecule has 2 heterocycles. The number of anilines is 1. The Morgan fingerprint density at radius 1 is 1.19 bits per heavy atom. The zero-order valence-corrected chi connectivity index (χ0v) is 18.6. The van der Waals surface area contributed by atoms with Crippen molar-refractivity contribution in [1.29, 1.82) is 0 Å². The fourth-order valence-electron chi connectivity index (χ4n) is 2.72. The van der Waals surface area contributed by atoms with Crippen LogP contribution in [0.3, 0.4) is 0 Å². The minimum Gasteiger partial charge on any atom is -0.296 e. The number of hydrogen-bond donors (Lipinski definition) is 1. The Morgan fingerprint density at radius 3 is 2.55 bits per heavy atom. The van der Waals surface area contributed by atoms with Crippen molar-refractivity contribution in [3.63, 3.8) is 0 Å². The Hall–Kier alpha value is -2.86. The molecule has 2 aromatic carbocycles. The van der Waals surface area contributed by atoms with Crippen molar-refractivity contribution in [3.05, 3.63) is 65.1 Å². The molecule has 0 bridgehead atoms. The minimum absolute atomic E-state index is 0.189. The maximum Gasteiger partial charge on any atom is 0.260 e. The summed E-state index contributed by atoms with van der Waals surface area (Å²) in [6, 6.07) is 10.2. The van der Waals surface area contributed by atoms with Crippen molar-refractivity contribution in [2.45, 2.75) is 4.90 Å². The van der Waals surface area contributed by atoms with Gasteiger partial charge in [0.1, 0.15) is 5.82 Å². The molecule has 2 aromatic heterocycles. The number of rotatable bonds is 5. The quantitative estimate of drug-likeness (QED) is 0.470. The molecule has 31 heavy (non-hydrogen) atoms. The molecule has 0 aliphatic carbocycles. The first-order chi connectivity index (χ1) is 14.6. The second kappa shape index (κ2) is 8.00. The van der Waals surface area contributed by atoms with Crippen LogP contribution in [0.15, 0.2) is 53.6 Å². The van der Waals surface area contributed by atoms with E-state index in [-0.39, 0.29) is 10.0 Å². The Morgan fingerprint density at radius 2 is 1.90 bits per heavy atom. The highest BCUT2D eigenvalue weighted by Crippen LogP contribution is 2.26. The topological polar surface area (TPSA) is 96.7 Å². The zero-order valence-electron chi connectivity index (χ0n) is 16.2. The van der Waals surface area contributed by atoms with Gasteiger partial charge in [-0.2, -0.15) is 0 Å². The van der Waals surface area contributed by atoms with Gasteiger partial charge in [-0.15, -0.1) is 5.10 Å². The van der Waals surface area contributed by atoms with E-state index in [1.807, 2.05) is 12.1 Å². The van der Waals surface area contributed by atoms with Crippen molar-refractivity contribution in [2.24, 2.45) is 0 Å². The van der Waals surface area contributed by atoms with E-state index >= 15 is 0 Å². The molecule has 0 unspecified atom stereocenters. The van der Waals surface area contributed by atoms with E-state index in [1.165, 1.54) is 18.6 Å². The van der Waals surface area contributed by atoms with Crippen molar-refractivity contribution in [1.82, 2.24) is 18.9 Å². The molecule has 8 nitrogen and oxygen atoms in total. The van der Waals surface area contributed by atoms with Gasteiger partial charge in [0.05, 0.1) is 22.3 Å². The molecule has 0 saturated carbocycles. The van der Waals surface area contributed by atoms with Crippen LogP contribution in [0, 0.1) is 5.82 Å². The molecule has 0 fully saturated rings. The lowest BCUT2D eigenvalue weighted by atomic mass is 10.2. The lowest BCUT2D eigenvalue weighted by molar-refractivity contribution is 0.102. The van der Waals surface area contributed by atoms with Crippen LogP contribution in [0.25, 0.3) is 16.2 Å². The Kier molecular flexibility index (Phi) is 5.52. The largest absolute Gasteiger partial charge is 0.296 e. The van der Waals surface area contributed by atoms with Gasteiger partial charge in [0.25, 0.3) is 5.91 Å². The molecular formula is C19H15ClFN5O3S2. The van der Waals surface area contributed by atoms with E-state index in [0.29, 0.717) is 15.7 Å². The van der Waals surface area contributed by atoms with Crippen LogP contribution >= 0.6 is 22.9 Å². The zero-order chi connectivity index (χ0) is 22.3. The second-order valence-corrected chi connectivity index (χ2v) is 10.2. The summed E-state index contributed by atoms with van der Waals surface area (Å²) < 4.78 is 41.2. The van der Waals surface area contributed by atoms with Crippen LogP contribution in [0.5, 0.6) is 0 Å². The predicted octanol–water partition coefficient (Wildman–Crippen LogP) is 3.75. The summed E-state index contributed by atoms with van der Waals surface area (Å²) >= 11 is 6.99. The molecule has 160 valence electrons. The number of nitrogens with one attached hydrogen (secondary N) is 1. The second-order valence-electron chi connectivity index (χ2n) is 6.65. The van der Waals surface area contributed by atoms with Crippen molar-refractivity contribution < 1.29 is 17.6 Å². The van der Waals surface area contributed by atoms with Gasteiger partial charge in [0, 0.05) is 24.7 Å². The van der Waals surface area contributed by atoms with Crippen molar-refractivity contribution in [2.75, 3.05) is 19.4 Å². The first kappa shape index (κ1) is 21.4. The van der Waals surface area contributed by atoms with E-state index in [1.54, 1.807) is 18.3 Å². The first-order valence-electron chi connectivity index (χ1n) is 8.81. The van der Waals surface area contributed by atoms with Crippen LogP contribution in [0.1, 0.15) is 10.4 Å². The average Bonchev–Trinajstić information content (AvgIpc) is 3.27. The summed E-state index contributed by atoms with van der Waals surface area (Å²) in [5, 5.41) is 7.53. The molecule has 0 aliphatic rings. The molecular weight excluding hydrogens is 465 g/mol. The number of amides is 1. The molecule has 4 aromatic rings. The predicted molar refractivity (Wildman–Crippen MR) is 117 cm³/mol. The SMILES string of the molecule is CN(C)S(=O)(=O)c1ccc(F)c(C(=O)Nc2nn3cc(-c4ccc(Cl)cc4)nc3s2)c1. The van der Waals surface area contributed by atoms with Crippen LogP contribution < -0.4 is 5.32 Å². The standard InChI is InChI=1S/C19H15ClFN5O3S2/c1-25(2)31(28,29)13-7-8-15(21)14(9-13)17(27)23-18-24-26-10-16(22-19(26)30-18)11-3-5-12(20)6-4-11/h3-10H,1-2H3,(H,23,24,27). The number of fused-ring (bicyclic) bond motifs is 1. The fraction of sp³-hybridized carbons (Fsp3) is 0.105. The van der Waals surface area contributed by atoms with E-state index in [2.05, 4.69) is 15.4 Å². The third kappa shape index (κ3) is 4.17. The Bertz CT molecular complexity index is 1370. The summed E-state index contributed by atoms with van der Waals surface area (Å²) in [7, 11) is -1.12. The Labute approximate surface area is 186 Å². The summed E-state index contributed by atoms with van der Waals surface area (Å²) in [6.45, 7) is 0. The highest BCUT2D eigenvalue weighted by atomic mass is 35.5. The van der Waals surface area contributed by atoms with Crippen molar-refractivity contribution >= 4 is 49.0 Å². The summed E-state index contributed by atoms with van der Waals surface area (Å²) in [5.41, 5.74) is 1.13. The average molecular weight is 480 g/mol. The van der Waals surface area contributed by atoms with Crippen LogP contribution in [0.4, 0.5) is 9.52 Å². The van der Waals surface area contributed by atoms with Crippen molar-refractivity contribution in [3.8, 4) is 11.3 Å². The highest BCUT2D eigenvalue weighted by molar-refractivity contribution is 7.89. The van der Waals surface area contributed by atoms with Crippen LogP contribution in [-0.4, -0.2) is 47.3 Å². The summed E-state index contributed by atoms with van der Waals surface area (Å²) in [4.78, 5) is 17.4. The number of sulfonamides is 1. The molecule has 0 spiro atoms. The summed E-state index contributed by atoms with van der Waals surface area (Å²) in [5.74, 6) is -1.66. The lowest BCUT2D eigenvalue weighted by Gasteiger charge is -2.12. The van der Waals surface area contributed by atoms with Crippen LogP contribution in [-0.2, 0) is 10.0 Å². The molecule has 1 amide bonds. The molecule has 0 saturated heterocycles. The number of hydrogen-bond acceptors (Lipinski definition) is 6. The number of benzene rings is 2. The van der Waals surface area contributed by atoms with Gasteiger partial charge in [-0.25, -0.2) is 26.6 Å². The number of carbonyl (C=O) groups excluding carboxylic acids is 1. The van der Waals surface area contributed by atoms with Gasteiger partial charge in [0.2, 0.25) is 20.1 Å². The van der Waals surface area contributed by atoms with Gasteiger partial charge in [-0.1, -0.05) is 35.1 Å². The van der Waals surface area contributed by atoms with E-state index in [4.69, 9.17) is 11.6 Å². The fourth-order valence-corrected chi connectivity index (χ4v) is 4.56. The molecule has 1 N–H and O–H groups in total. The number of aromatic nitrogens is 3. The van der Waals surface area contributed by atoms with E-state index < -0.39 is 27.3 Å². The monoisotopic (exact) mass is 479 g/mol. The van der Waals surface area contributed by atoms with Gasteiger partial charge in [-0.3, -0.25) is 10.1 Å². The van der Waals surface area contributed by atoms with E-state index in [0.717, 1.165) is 39.4 Å². The molecule has 0 atom stereocenters. The normalized spacial score (nSPS) is 11.9. The highest BCUT2D eigenvalue weighted by Gasteiger charge is 2.22. The molecule has 4 rings (SSSR count). The molecule has 0 radical (unpaired) electrons. The number of nitrogens with zero attached hydrogens (tertiary/aromatic N) is 4. The van der Waals surface area contributed by atoms with E-state index in [9.17, 15) is 17.6 Å². The molecule has 0 aliphatic heterocycles. The van der Waals surface area contributed by atoms with Gasteiger partial charge < -0.3 is 0 Å². The van der Waals surface area contributed by atoms with Crippen LogP contribution in [0.2, 0.25) is 5.02 Å². The smallest absolute Gasteiger partial charge is 0.260 e. The maximum absolute atomic E-state index is 14.2. The number of halogens is 2. The number of imidazole rings is 1.